The number of alkyl halides is 1. The van der Waals surface area contributed by atoms with E-state index in [2.05, 4.69) is 18.6 Å². The maximum absolute atomic E-state index is 11.5. The Morgan fingerprint density at radius 3 is 1.64 bits per heavy atom. The van der Waals surface area contributed by atoms with Crippen LogP contribution < -0.4 is 0 Å². The van der Waals surface area contributed by atoms with Crippen LogP contribution in [0.4, 0.5) is 4.79 Å². The van der Waals surface area contributed by atoms with Crippen molar-refractivity contribution in [3.63, 3.8) is 0 Å². The number of rotatable bonds is 20. The number of halogens is 1. The Balaban J connectivity index is 0. The molecule has 0 heterocycles. The Morgan fingerprint density at radius 2 is 1.18 bits per heavy atom. The number of carbonyl (C=O) groups excluding carboxylic acids is 2. The molecular weight excluding hydrogens is 448 g/mol. The number of carboxylic acid groups (broad SMARTS) is 1. The highest BCUT2D eigenvalue weighted by molar-refractivity contribution is 6.17. The van der Waals surface area contributed by atoms with Crippen LogP contribution in [-0.4, -0.2) is 42.0 Å². The average molecular weight is 495 g/mol. The van der Waals surface area contributed by atoms with Crippen LogP contribution in [0, 0.1) is 0 Å². The van der Waals surface area contributed by atoms with Gasteiger partial charge in [-0.2, -0.15) is 0 Å². The standard InChI is InChI=1S/C15H27ClO5.C10H20O2/c1-3-4-5-6-7-8-9-10-14(17)21-13(2)11-19-15(18)20-12-16;1-2-3-4-5-6-7-8-9-10(11)12/h13H,3-12H2,1-2H3;2-9H2,1H3,(H,11,12). The molecule has 0 saturated carbocycles. The molecule has 0 saturated heterocycles. The summed E-state index contributed by atoms with van der Waals surface area (Å²) in [7, 11) is 0. The minimum atomic E-state index is -0.861. The molecule has 0 aromatic rings. The van der Waals surface area contributed by atoms with Gasteiger partial charge in [-0.05, 0) is 19.8 Å². The van der Waals surface area contributed by atoms with Crippen molar-refractivity contribution in [2.24, 2.45) is 0 Å². The van der Waals surface area contributed by atoms with Crippen molar-refractivity contribution in [1.82, 2.24) is 0 Å². The minimum absolute atomic E-state index is 0.0293. The van der Waals surface area contributed by atoms with E-state index >= 15 is 0 Å². The number of hydrogen-bond donors (Lipinski definition) is 1. The number of carboxylic acids is 1. The van der Waals surface area contributed by atoms with Crippen molar-refractivity contribution in [3.8, 4) is 0 Å². The van der Waals surface area contributed by atoms with Gasteiger partial charge in [-0.15, -0.1) is 0 Å². The maximum Gasteiger partial charge on any atom is 0.509 e. The molecule has 1 N–H and O–H groups in total. The van der Waals surface area contributed by atoms with E-state index < -0.39 is 18.2 Å². The van der Waals surface area contributed by atoms with Crippen molar-refractivity contribution in [1.29, 1.82) is 0 Å². The van der Waals surface area contributed by atoms with Crippen LogP contribution in [0.2, 0.25) is 0 Å². The molecule has 196 valence electrons. The van der Waals surface area contributed by atoms with Gasteiger partial charge in [0.15, 0.2) is 6.07 Å². The number of ether oxygens (including phenoxy) is 3. The lowest BCUT2D eigenvalue weighted by Gasteiger charge is -2.13. The van der Waals surface area contributed by atoms with Crippen LogP contribution in [0.25, 0.3) is 0 Å². The second-order valence-corrected chi connectivity index (χ2v) is 8.47. The van der Waals surface area contributed by atoms with E-state index in [4.69, 9.17) is 26.2 Å². The SMILES string of the molecule is CCCCCCCCCC(=O)O.CCCCCCCCCC(=O)OC(C)COC(=O)OCCl. The van der Waals surface area contributed by atoms with Gasteiger partial charge in [-0.25, -0.2) is 4.79 Å². The largest absolute Gasteiger partial charge is 0.509 e. The molecule has 0 aliphatic heterocycles. The number of unbranched alkanes of at least 4 members (excludes halogenated alkanes) is 12. The Morgan fingerprint density at radius 1 is 0.727 bits per heavy atom. The highest BCUT2D eigenvalue weighted by Gasteiger charge is 2.12. The molecule has 8 heteroatoms. The second-order valence-electron chi connectivity index (χ2n) is 8.25. The lowest BCUT2D eigenvalue weighted by molar-refractivity contribution is -0.150. The van der Waals surface area contributed by atoms with Gasteiger partial charge in [-0.1, -0.05) is 102 Å². The summed E-state index contributed by atoms with van der Waals surface area (Å²) < 4.78 is 14.2. The second kappa shape index (κ2) is 26.7. The van der Waals surface area contributed by atoms with E-state index in [1.54, 1.807) is 6.92 Å². The third-order valence-electron chi connectivity index (χ3n) is 4.92. The van der Waals surface area contributed by atoms with E-state index in [0.29, 0.717) is 12.8 Å². The number of hydrogen-bond acceptors (Lipinski definition) is 6. The first-order chi connectivity index (χ1) is 15.9. The number of esters is 1. The summed E-state index contributed by atoms with van der Waals surface area (Å²) in [6.07, 6.45) is 15.8. The van der Waals surface area contributed by atoms with Crippen LogP contribution in [-0.2, 0) is 23.8 Å². The summed E-state index contributed by atoms with van der Waals surface area (Å²) >= 11 is 5.20. The van der Waals surface area contributed by atoms with E-state index in [0.717, 1.165) is 32.1 Å². The van der Waals surface area contributed by atoms with E-state index in [1.807, 2.05) is 0 Å². The van der Waals surface area contributed by atoms with Gasteiger partial charge < -0.3 is 19.3 Å². The predicted octanol–water partition coefficient (Wildman–Crippen LogP) is 7.62. The van der Waals surface area contributed by atoms with Crippen molar-refractivity contribution < 1.29 is 33.7 Å². The summed E-state index contributed by atoms with van der Waals surface area (Å²) in [6, 6.07) is -0.259. The van der Waals surface area contributed by atoms with Crippen molar-refractivity contribution in [3.05, 3.63) is 0 Å². The molecule has 0 rings (SSSR count). The molecule has 0 aromatic carbocycles. The molecule has 0 fully saturated rings. The summed E-state index contributed by atoms with van der Waals surface area (Å²) in [5.41, 5.74) is 0. The Kier molecular flexibility index (Phi) is 27.3. The van der Waals surface area contributed by atoms with Gasteiger partial charge >= 0.3 is 18.1 Å². The van der Waals surface area contributed by atoms with Gasteiger partial charge in [0, 0.05) is 12.8 Å². The van der Waals surface area contributed by atoms with Gasteiger partial charge in [0.05, 0.1) is 0 Å². The first-order valence-corrected chi connectivity index (χ1v) is 13.2. The normalized spacial score (nSPS) is 11.2. The van der Waals surface area contributed by atoms with Crippen LogP contribution in [0.3, 0.4) is 0 Å². The zero-order valence-electron chi connectivity index (χ0n) is 21.1. The molecule has 0 spiro atoms. The topological polar surface area (TPSA) is 99.1 Å². The summed E-state index contributed by atoms with van der Waals surface area (Å²) in [5.74, 6) is -0.922. The van der Waals surface area contributed by atoms with Crippen molar-refractivity contribution >= 4 is 29.7 Å². The van der Waals surface area contributed by atoms with E-state index in [1.165, 1.54) is 57.8 Å². The molecule has 1 unspecified atom stereocenters. The summed E-state index contributed by atoms with van der Waals surface area (Å²) in [6.45, 7) is 6.02. The van der Waals surface area contributed by atoms with Crippen LogP contribution in [0.5, 0.6) is 0 Å². The molecular formula is C25H47ClO7. The van der Waals surface area contributed by atoms with Crippen LogP contribution in [0.1, 0.15) is 124 Å². The molecule has 33 heavy (non-hydrogen) atoms. The van der Waals surface area contributed by atoms with Crippen molar-refractivity contribution in [2.45, 2.75) is 130 Å². The molecule has 0 aliphatic rings. The lowest BCUT2D eigenvalue weighted by Crippen LogP contribution is -2.22. The van der Waals surface area contributed by atoms with Gasteiger partial charge in [0.25, 0.3) is 0 Å². The fourth-order valence-electron chi connectivity index (χ4n) is 3.05. The maximum atomic E-state index is 11.5. The lowest BCUT2D eigenvalue weighted by atomic mass is 10.1. The fourth-order valence-corrected chi connectivity index (χ4v) is 3.14. The van der Waals surface area contributed by atoms with E-state index in [9.17, 15) is 14.4 Å². The molecule has 0 amide bonds. The molecule has 1 atom stereocenters. The van der Waals surface area contributed by atoms with Crippen LogP contribution >= 0.6 is 11.6 Å². The third-order valence-corrected chi connectivity index (χ3v) is 5.03. The van der Waals surface area contributed by atoms with Crippen LogP contribution in [0.15, 0.2) is 0 Å². The predicted molar refractivity (Wildman–Crippen MR) is 132 cm³/mol. The summed E-state index contributed by atoms with van der Waals surface area (Å²) in [4.78, 5) is 32.6. The number of carbonyl (C=O) groups is 3. The first kappa shape index (κ1) is 33.7. The quantitative estimate of drug-likeness (QED) is 0.105. The summed E-state index contributed by atoms with van der Waals surface area (Å²) in [5, 5.41) is 8.35. The Labute approximate surface area is 205 Å². The van der Waals surface area contributed by atoms with Gasteiger partial charge in [0.1, 0.15) is 12.7 Å². The zero-order chi connectivity index (χ0) is 25.2. The molecule has 0 aromatic heterocycles. The van der Waals surface area contributed by atoms with E-state index in [-0.39, 0.29) is 18.6 Å². The molecule has 7 nitrogen and oxygen atoms in total. The zero-order valence-corrected chi connectivity index (χ0v) is 21.8. The third kappa shape index (κ3) is 30.5. The highest BCUT2D eigenvalue weighted by atomic mass is 35.5. The monoisotopic (exact) mass is 494 g/mol. The fraction of sp³-hybridized carbons (Fsp3) is 0.880. The minimum Gasteiger partial charge on any atom is -0.481 e. The molecule has 0 radical (unpaired) electrons. The Bertz CT molecular complexity index is 472. The van der Waals surface area contributed by atoms with Gasteiger partial charge in [-0.3, -0.25) is 9.59 Å². The average Bonchev–Trinajstić information content (AvgIpc) is 2.77. The highest BCUT2D eigenvalue weighted by Crippen LogP contribution is 2.10. The Hall–Kier alpha value is -1.50. The first-order valence-electron chi connectivity index (χ1n) is 12.6. The molecule has 0 aliphatic carbocycles. The van der Waals surface area contributed by atoms with Crippen molar-refractivity contribution in [2.75, 3.05) is 12.7 Å². The molecule has 0 bridgehead atoms. The van der Waals surface area contributed by atoms with Gasteiger partial charge in [0.2, 0.25) is 0 Å². The number of aliphatic carboxylic acids is 1. The smallest absolute Gasteiger partial charge is 0.481 e.